The van der Waals surface area contributed by atoms with Crippen molar-refractivity contribution in [2.24, 2.45) is 11.8 Å². The quantitative estimate of drug-likeness (QED) is 0.638. The first-order valence-corrected chi connectivity index (χ1v) is 8.42. The third kappa shape index (κ3) is 6.43. The minimum atomic E-state index is -0.182. The van der Waals surface area contributed by atoms with E-state index in [4.69, 9.17) is 9.47 Å². The number of carbonyl (C=O) groups is 2. The van der Waals surface area contributed by atoms with Crippen molar-refractivity contribution in [3.05, 3.63) is 35.4 Å². The molecule has 23 heavy (non-hydrogen) atoms. The summed E-state index contributed by atoms with van der Waals surface area (Å²) in [6, 6.07) is 7.59. The smallest absolute Gasteiger partial charge is 0.309 e. The van der Waals surface area contributed by atoms with Crippen molar-refractivity contribution in [1.82, 2.24) is 0 Å². The van der Waals surface area contributed by atoms with Gasteiger partial charge >= 0.3 is 11.9 Å². The van der Waals surface area contributed by atoms with Crippen LogP contribution in [-0.4, -0.2) is 11.9 Å². The largest absolute Gasteiger partial charge is 0.461 e. The summed E-state index contributed by atoms with van der Waals surface area (Å²) in [5.74, 6) is -0.449. The average Bonchev–Trinajstić information content (AvgIpc) is 2.58. The van der Waals surface area contributed by atoms with Gasteiger partial charge in [0.05, 0.1) is 11.8 Å². The van der Waals surface area contributed by atoms with Gasteiger partial charge in [0.1, 0.15) is 13.2 Å². The lowest BCUT2D eigenvalue weighted by Crippen LogP contribution is -2.16. The van der Waals surface area contributed by atoms with Gasteiger partial charge < -0.3 is 9.47 Å². The second-order valence-corrected chi connectivity index (χ2v) is 5.86. The molecule has 1 unspecified atom stereocenters. The topological polar surface area (TPSA) is 52.6 Å². The number of rotatable bonds is 9. The van der Waals surface area contributed by atoms with Crippen LogP contribution in [0, 0.1) is 11.8 Å². The van der Waals surface area contributed by atoms with Gasteiger partial charge in [0.25, 0.3) is 0 Å². The van der Waals surface area contributed by atoms with E-state index >= 15 is 0 Å². The molecule has 0 aliphatic heterocycles. The van der Waals surface area contributed by atoms with Gasteiger partial charge in [-0.05, 0) is 36.5 Å². The van der Waals surface area contributed by atoms with Crippen LogP contribution in [0.4, 0.5) is 0 Å². The van der Waals surface area contributed by atoms with Crippen LogP contribution in [0.3, 0.4) is 0 Å². The van der Waals surface area contributed by atoms with Crippen molar-refractivity contribution in [2.45, 2.75) is 60.2 Å². The van der Waals surface area contributed by atoms with E-state index in [1.165, 1.54) is 0 Å². The molecule has 0 radical (unpaired) electrons. The first-order chi connectivity index (χ1) is 11.0. The molecule has 1 rings (SSSR count). The molecule has 4 heteroatoms. The molecule has 128 valence electrons. The molecule has 0 spiro atoms. The molecule has 0 bridgehead atoms. The van der Waals surface area contributed by atoms with Crippen molar-refractivity contribution >= 4 is 11.9 Å². The summed E-state index contributed by atoms with van der Waals surface area (Å²) in [5, 5.41) is 0. The first kappa shape index (κ1) is 19.2. The molecule has 0 N–H and O–H groups in total. The normalized spacial score (nSPS) is 12.0. The Hall–Kier alpha value is -1.84. The van der Waals surface area contributed by atoms with Gasteiger partial charge in [-0.25, -0.2) is 0 Å². The first-order valence-electron chi connectivity index (χ1n) is 8.42. The molecule has 0 aliphatic carbocycles. The van der Waals surface area contributed by atoms with Crippen molar-refractivity contribution in [3.8, 4) is 0 Å². The number of hydrogen-bond acceptors (Lipinski definition) is 4. The summed E-state index contributed by atoms with van der Waals surface area (Å²) in [6.07, 6.45) is 2.35. The minimum absolute atomic E-state index is 0.0327. The molecule has 4 nitrogen and oxygen atoms in total. The molecule has 1 aromatic rings. The van der Waals surface area contributed by atoms with Gasteiger partial charge in [0, 0.05) is 0 Å². The maximum Gasteiger partial charge on any atom is 0.309 e. The molecule has 0 amide bonds. The Morgan fingerprint density at radius 1 is 0.913 bits per heavy atom. The second-order valence-electron chi connectivity index (χ2n) is 5.86. The van der Waals surface area contributed by atoms with Crippen LogP contribution in [-0.2, 0) is 32.3 Å². The van der Waals surface area contributed by atoms with Crippen molar-refractivity contribution in [3.63, 3.8) is 0 Å². The van der Waals surface area contributed by atoms with Gasteiger partial charge in [-0.2, -0.15) is 0 Å². The Bertz CT molecular complexity index is 506. The average molecular weight is 320 g/mol. The van der Waals surface area contributed by atoms with E-state index in [0.717, 1.165) is 30.4 Å². The molecule has 0 aliphatic rings. The summed E-state index contributed by atoms with van der Waals surface area (Å²) in [7, 11) is 0. The van der Waals surface area contributed by atoms with Crippen molar-refractivity contribution in [2.75, 3.05) is 0 Å². The van der Waals surface area contributed by atoms with Crippen molar-refractivity contribution in [1.29, 1.82) is 0 Å². The van der Waals surface area contributed by atoms with E-state index in [2.05, 4.69) is 0 Å². The Morgan fingerprint density at radius 2 is 1.43 bits per heavy atom. The van der Waals surface area contributed by atoms with Gasteiger partial charge in [-0.3, -0.25) is 9.59 Å². The minimum Gasteiger partial charge on any atom is -0.461 e. The summed E-state index contributed by atoms with van der Waals surface area (Å²) in [5.41, 5.74) is 1.80. The molecule has 0 saturated carbocycles. The van der Waals surface area contributed by atoms with E-state index in [-0.39, 0.29) is 37.0 Å². The Kier molecular flexibility index (Phi) is 8.38. The third-order valence-electron chi connectivity index (χ3n) is 4.09. The fourth-order valence-electron chi connectivity index (χ4n) is 2.17. The van der Waals surface area contributed by atoms with Crippen LogP contribution in [0.2, 0.25) is 0 Å². The lowest BCUT2D eigenvalue weighted by Gasteiger charge is -2.13. The van der Waals surface area contributed by atoms with E-state index in [1.54, 1.807) is 0 Å². The number of esters is 2. The predicted molar refractivity (Wildman–Crippen MR) is 89.6 cm³/mol. The van der Waals surface area contributed by atoms with E-state index in [0.29, 0.717) is 0 Å². The van der Waals surface area contributed by atoms with E-state index < -0.39 is 0 Å². The zero-order valence-corrected chi connectivity index (χ0v) is 14.6. The summed E-state index contributed by atoms with van der Waals surface area (Å²) in [4.78, 5) is 23.6. The monoisotopic (exact) mass is 320 g/mol. The molecule has 0 aromatic heterocycles. The fourth-order valence-corrected chi connectivity index (χ4v) is 2.17. The maximum atomic E-state index is 11.9. The van der Waals surface area contributed by atoms with Gasteiger partial charge in [-0.15, -0.1) is 0 Å². The van der Waals surface area contributed by atoms with Crippen molar-refractivity contribution < 1.29 is 19.1 Å². The molecule has 0 saturated heterocycles. The molecule has 1 aromatic carbocycles. The molecule has 0 heterocycles. The molecular formula is C19H28O4. The Labute approximate surface area is 139 Å². The number of ether oxygens (including phenoxy) is 2. The fraction of sp³-hybridized carbons (Fsp3) is 0.579. The predicted octanol–water partition coefficient (Wildman–Crippen LogP) is 4.26. The Morgan fingerprint density at radius 3 is 1.91 bits per heavy atom. The molecular weight excluding hydrogens is 292 g/mol. The van der Waals surface area contributed by atoms with Crippen LogP contribution in [0.15, 0.2) is 24.3 Å². The maximum absolute atomic E-state index is 11.9. The number of hydrogen-bond donors (Lipinski definition) is 0. The second kappa shape index (κ2) is 10.0. The van der Waals surface area contributed by atoms with Crippen LogP contribution in [0.5, 0.6) is 0 Å². The van der Waals surface area contributed by atoms with Gasteiger partial charge in [0.2, 0.25) is 0 Å². The van der Waals surface area contributed by atoms with E-state index in [1.807, 2.05) is 52.0 Å². The lowest BCUT2D eigenvalue weighted by atomic mass is 10.0. The highest BCUT2D eigenvalue weighted by atomic mass is 16.5. The summed E-state index contributed by atoms with van der Waals surface area (Å²) >= 11 is 0. The molecule has 1 atom stereocenters. The Balaban J connectivity index is 2.53. The summed E-state index contributed by atoms with van der Waals surface area (Å²) < 4.78 is 10.6. The van der Waals surface area contributed by atoms with E-state index in [9.17, 15) is 9.59 Å². The number of benzene rings is 1. The van der Waals surface area contributed by atoms with Crippen LogP contribution >= 0.6 is 0 Å². The number of carbonyl (C=O) groups excluding carboxylic acids is 2. The lowest BCUT2D eigenvalue weighted by molar-refractivity contribution is -0.150. The van der Waals surface area contributed by atoms with Gasteiger partial charge in [0.15, 0.2) is 0 Å². The van der Waals surface area contributed by atoms with Crippen LogP contribution in [0.25, 0.3) is 0 Å². The highest BCUT2D eigenvalue weighted by Gasteiger charge is 2.16. The highest BCUT2D eigenvalue weighted by Crippen LogP contribution is 2.14. The zero-order chi connectivity index (χ0) is 17.2. The van der Waals surface area contributed by atoms with Gasteiger partial charge in [-0.1, -0.05) is 45.9 Å². The highest BCUT2D eigenvalue weighted by molar-refractivity contribution is 5.72. The SMILES string of the molecule is CCC(C)C(=O)OCc1cccc(COC(=O)C(CC)CC)c1. The van der Waals surface area contributed by atoms with Crippen LogP contribution < -0.4 is 0 Å². The molecule has 0 fully saturated rings. The zero-order valence-electron chi connectivity index (χ0n) is 14.6. The summed E-state index contributed by atoms with van der Waals surface area (Å²) in [6.45, 7) is 8.29. The third-order valence-corrected chi connectivity index (χ3v) is 4.09. The van der Waals surface area contributed by atoms with Crippen LogP contribution in [0.1, 0.15) is 58.1 Å². The standard InChI is InChI=1S/C19H28O4/c1-5-14(4)18(20)22-12-15-9-8-10-16(11-15)13-23-19(21)17(6-2)7-3/h8-11,14,17H,5-7,12-13H2,1-4H3.